The first-order valence-corrected chi connectivity index (χ1v) is 8.07. The molecule has 0 unspecified atom stereocenters. The Labute approximate surface area is 142 Å². The van der Waals surface area contributed by atoms with Crippen LogP contribution in [0, 0.1) is 13.8 Å². The highest BCUT2D eigenvalue weighted by Gasteiger charge is 2.15. The highest BCUT2D eigenvalue weighted by molar-refractivity contribution is 7.18. The van der Waals surface area contributed by atoms with Crippen LogP contribution in [-0.4, -0.2) is 23.0 Å². The lowest BCUT2D eigenvalue weighted by Gasteiger charge is -2.09. The normalized spacial score (nSPS) is 10.8. The van der Waals surface area contributed by atoms with Crippen molar-refractivity contribution in [3.63, 3.8) is 0 Å². The second-order valence-corrected chi connectivity index (χ2v) is 6.54. The number of esters is 1. The molecule has 0 saturated heterocycles. The summed E-state index contributed by atoms with van der Waals surface area (Å²) in [7, 11) is 1.35. The lowest BCUT2D eigenvalue weighted by molar-refractivity contribution is 0.0601. The fourth-order valence-electron chi connectivity index (χ4n) is 2.29. The number of thiophene rings is 1. The maximum atomic E-state index is 11.6. The first kappa shape index (κ1) is 15.7. The van der Waals surface area contributed by atoms with Gasteiger partial charge in [0.15, 0.2) is 0 Å². The predicted molar refractivity (Wildman–Crippen MR) is 93.0 cm³/mol. The number of halogens is 1. The Kier molecular flexibility index (Phi) is 4.19. The zero-order valence-corrected chi connectivity index (χ0v) is 14.4. The molecule has 0 bridgehead atoms. The fraction of sp³-hybridized carbons (Fsp3) is 0.188. The molecular weight excluding hydrogens is 334 g/mol. The van der Waals surface area contributed by atoms with E-state index >= 15 is 0 Å². The monoisotopic (exact) mass is 347 g/mol. The average Bonchev–Trinajstić information content (AvgIpc) is 2.81. The minimum Gasteiger partial charge on any atom is -0.465 e. The molecule has 0 aliphatic carbocycles. The number of nitrogens with zero attached hydrogens (tertiary/aromatic N) is 2. The molecule has 0 spiro atoms. The molecule has 1 N–H and O–H groups in total. The van der Waals surface area contributed by atoms with Crippen molar-refractivity contribution < 1.29 is 9.53 Å². The van der Waals surface area contributed by atoms with E-state index in [1.165, 1.54) is 12.0 Å². The fourth-order valence-corrected chi connectivity index (χ4v) is 3.54. The van der Waals surface area contributed by atoms with E-state index < -0.39 is 0 Å². The molecule has 0 aliphatic rings. The third-order valence-corrected chi connectivity index (χ3v) is 4.82. The van der Waals surface area contributed by atoms with Crippen molar-refractivity contribution >= 4 is 50.6 Å². The van der Waals surface area contributed by atoms with Crippen molar-refractivity contribution in [2.24, 2.45) is 0 Å². The summed E-state index contributed by atoms with van der Waals surface area (Å²) in [6.07, 6.45) is 0. The van der Waals surface area contributed by atoms with E-state index in [4.69, 9.17) is 16.3 Å². The number of carbonyl (C=O) groups is 1. The summed E-state index contributed by atoms with van der Waals surface area (Å²) in [5.74, 6) is 0.242. The first-order chi connectivity index (χ1) is 11.0. The van der Waals surface area contributed by atoms with Crippen LogP contribution >= 0.6 is 22.9 Å². The van der Waals surface area contributed by atoms with Crippen molar-refractivity contribution in [2.45, 2.75) is 13.8 Å². The summed E-state index contributed by atoms with van der Waals surface area (Å²) < 4.78 is 4.74. The van der Waals surface area contributed by atoms with Gasteiger partial charge in [-0.15, -0.1) is 11.3 Å². The first-order valence-electron chi connectivity index (χ1n) is 6.88. The van der Waals surface area contributed by atoms with Crippen molar-refractivity contribution in [3.8, 4) is 0 Å². The number of aromatic nitrogens is 2. The second kappa shape index (κ2) is 6.14. The van der Waals surface area contributed by atoms with Crippen LogP contribution in [0.1, 0.15) is 20.8 Å². The van der Waals surface area contributed by atoms with Gasteiger partial charge in [-0.25, -0.2) is 9.78 Å². The third kappa shape index (κ3) is 3.00. The molecule has 7 heteroatoms. The number of ether oxygens (including phenoxy) is 1. The molecule has 3 aromatic rings. The lowest BCUT2D eigenvalue weighted by atomic mass is 10.2. The van der Waals surface area contributed by atoms with Crippen LogP contribution in [0.5, 0.6) is 0 Å². The molecule has 0 radical (unpaired) electrons. The van der Waals surface area contributed by atoms with Crippen LogP contribution in [0.3, 0.4) is 0 Å². The zero-order chi connectivity index (χ0) is 16.6. The topological polar surface area (TPSA) is 64.1 Å². The van der Waals surface area contributed by atoms with E-state index in [1.54, 1.807) is 29.5 Å². The van der Waals surface area contributed by atoms with Crippen molar-refractivity contribution in [3.05, 3.63) is 45.6 Å². The van der Waals surface area contributed by atoms with Crippen LogP contribution < -0.4 is 5.32 Å². The van der Waals surface area contributed by atoms with Crippen LogP contribution in [-0.2, 0) is 4.74 Å². The third-order valence-electron chi connectivity index (χ3n) is 3.55. The maximum Gasteiger partial charge on any atom is 0.337 e. The van der Waals surface area contributed by atoms with E-state index in [-0.39, 0.29) is 11.3 Å². The minimum absolute atomic E-state index is 0.186. The molecule has 118 valence electrons. The summed E-state index contributed by atoms with van der Waals surface area (Å²) >= 11 is 7.61. The molecule has 0 fully saturated rings. The molecular formula is C16H14ClN3O2S. The summed E-state index contributed by atoms with van der Waals surface area (Å²) in [6.45, 7) is 4.07. The maximum absolute atomic E-state index is 11.6. The predicted octanol–water partition coefficient (Wildman–Crippen LogP) is 4.49. The molecule has 2 heterocycles. The van der Waals surface area contributed by atoms with Crippen LogP contribution in [0.4, 0.5) is 11.5 Å². The number of hydrogen-bond acceptors (Lipinski definition) is 6. The quantitative estimate of drug-likeness (QED) is 0.558. The molecule has 0 atom stereocenters. The number of benzene rings is 1. The van der Waals surface area contributed by atoms with Crippen molar-refractivity contribution in [1.29, 1.82) is 0 Å². The molecule has 2 aromatic heterocycles. The number of aryl methyl sites for hydroxylation is 2. The van der Waals surface area contributed by atoms with Crippen LogP contribution in [0.25, 0.3) is 10.2 Å². The number of methoxy groups -OCH3 is 1. The molecule has 0 amide bonds. The lowest BCUT2D eigenvalue weighted by Crippen LogP contribution is -2.02. The van der Waals surface area contributed by atoms with Crippen molar-refractivity contribution in [1.82, 2.24) is 9.97 Å². The Morgan fingerprint density at radius 3 is 2.83 bits per heavy atom. The minimum atomic E-state index is -0.387. The largest absolute Gasteiger partial charge is 0.465 e. The Bertz CT molecular complexity index is 908. The number of nitrogens with one attached hydrogen (secondary N) is 1. The second-order valence-electron chi connectivity index (χ2n) is 5.00. The SMILES string of the molecule is COC(=O)c1cccc(Nc2nc(Cl)nc3sc(C)c(C)c23)c1. The van der Waals surface area contributed by atoms with Gasteiger partial charge in [-0.3, -0.25) is 0 Å². The van der Waals surface area contributed by atoms with Gasteiger partial charge in [0, 0.05) is 10.6 Å². The summed E-state index contributed by atoms with van der Waals surface area (Å²) in [5.41, 5.74) is 2.31. The van der Waals surface area contributed by atoms with Gasteiger partial charge in [0.05, 0.1) is 18.1 Å². The van der Waals surface area contributed by atoms with E-state index in [9.17, 15) is 4.79 Å². The van der Waals surface area contributed by atoms with Crippen LogP contribution in [0.2, 0.25) is 5.28 Å². The van der Waals surface area contributed by atoms with Gasteiger partial charge in [0.2, 0.25) is 5.28 Å². The average molecular weight is 348 g/mol. The van der Waals surface area contributed by atoms with Gasteiger partial charge >= 0.3 is 5.97 Å². The Morgan fingerprint density at radius 1 is 1.30 bits per heavy atom. The Hall–Kier alpha value is -2.18. The molecule has 0 aliphatic heterocycles. The highest BCUT2D eigenvalue weighted by Crippen LogP contribution is 2.35. The van der Waals surface area contributed by atoms with Crippen LogP contribution in [0.15, 0.2) is 24.3 Å². The smallest absolute Gasteiger partial charge is 0.337 e. The van der Waals surface area contributed by atoms with Gasteiger partial charge in [0.25, 0.3) is 0 Å². The number of anilines is 2. The van der Waals surface area contributed by atoms with Gasteiger partial charge in [-0.2, -0.15) is 4.98 Å². The molecule has 3 rings (SSSR count). The van der Waals surface area contributed by atoms with E-state index in [2.05, 4.69) is 15.3 Å². The van der Waals surface area contributed by atoms with E-state index in [0.29, 0.717) is 11.4 Å². The highest BCUT2D eigenvalue weighted by atomic mass is 35.5. The Balaban J connectivity index is 2.06. The summed E-state index contributed by atoms with van der Waals surface area (Å²) in [5, 5.41) is 4.35. The van der Waals surface area contributed by atoms with Crippen molar-refractivity contribution in [2.75, 3.05) is 12.4 Å². The zero-order valence-electron chi connectivity index (χ0n) is 12.8. The standard InChI is InChI=1S/C16H14ClN3O2S/c1-8-9(2)23-14-12(8)13(19-16(17)20-14)18-11-6-4-5-10(7-11)15(21)22-3/h4-7H,1-3H3,(H,18,19,20). The summed E-state index contributed by atoms with van der Waals surface area (Å²) in [4.78, 5) is 22.2. The number of hydrogen-bond donors (Lipinski definition) is 1. The van der Waals surface area contributed by atoms with Gasteiger partial charge < -0.3 is 10.1 Å². The van der Waals surface area contributed by atoms with Gasteiger partial charge in [-0.05, 0) is 49.2 Å². The van der Waals surface area contributed by atoms with E-state index in [0.717, 1.165) is 21.5 Å². The molecule has 0 saturated carbocycles. The molecule has 5 nitrogen and oxygen atoms in total. The van der Waals surface area contributed by atoms with Gasteiger partial charge in [0.1, 0.15) is 10.6 Å². The number of fused-ring (bicyclic) bond motifs is 1. The molecule has 23 heavy (non-hydrogen) atoms. The Morgan fingerprint density at radius 2 is 2.09 bits per heavy atom. The van der Waals surface area contributed by atoms with Gasteiger partial charge in [-0.1, -0.05) is 6.07 Å². The van der Waals surface area contributed by atoms with E-state index in [1.807, 2.05) is 19.9 Å². The number of rotatable bonds is 3. The summed E-state index contributed by atoms with van der Waals surface area (Å²) in [6, 6.07) is 7.03. The number of carbonyl (C=O) groups excluding carboxylic acids is 1. The molecule has 1 aromatic carbocycles.